The van der Waals surface area contributed by atoms with E-state index in [1.54, 1.807) is 13.8 Å². The van der Waals surface area contributed by atoms with Crippen LogP contribution in [-0.2, 0) is 4.74 Å². The van der Waals surface area contributed by atoms with Crippen LogP contribution in [0.1, 0.15) is 56.8 Å². The fraction of sp³-hybridized carbons (Fsp3) is 0.238. The van der Waals surface area contributed by atoms with Gasteiger partial charge in [-0.15, -0.1) is 0 Å². The van der Waals surface area contributed by atoms with Crippen molar-refractivity contribution in [1.29, 1.82) is 0 Å². The molecule has 0 radical (unpaired) electrons. The van der Waals surface area contributed by atoms with Crippen LogP contribution in [0.4, 0.5) is 14.5 Å². The largest absolute Gasteiger partial charge is 0.462 e. The number of hydrogen-bond acceptors (Lipinski definition) is 6. The maximum atomic E-state index is 14.3. The molecule has 0 saturated heterocycles. The van der Waals surface area contributed by atoms with Gasteiger partial charge in [-0.2, -0.15) is 5.10 Å². The number of aromatic nitrogens is 3. The lowest BCUT2D eigenvalue weighted by atomic mass is 9.80. The molecular formula is C21H18F2N4O3. The molecule has 9 heteroatoms. The monoisotopic (exact) mass is 412 g/mol. The van der Waals surface area contributed by atoms with E-state index in [2.05, 4.69) is 20.5 Å². The van der Waals surface area contributed by atoms with E-state index in [1.807, 2.05) is 0 Å². The number of nitrogens with one attached hydrogen (secondary N) is 2. The van der Waals surface area contributed by atoms with Gasteiger partial charge in [0.05, 0.1) is 23.8 Å². The van der Waals surface area contributed by atoms with E-state index in [0.717, 1.165) is 12.1 Å². The molecule has 2 N–H and O–H groups in total. The van der Waals surface area contributed by atoms with Gasteiger partial charge in [-0.05, 0) is 43.7 Å². The number of anilines is 1. The smallest absolute Gasteiger partial charge is 0.339 e. The quantitative estimate of drug-likeness (QED) is 0.635. The number of rotatable bonds is 4. The number of benzene rings is 2. The number of aryl methyl sites for hydroxylation is 1. The molecule has 4 rings (SSSR count). The van der Waals surface area contributed by atoms with Crippen molar-refractivity contribution < 1.29 is 23.1 Å². The summed E-state index contributed by atoms with van der Waals surface area (Å²) in [5.74, 6) is -2.58. The number of Topliss-reactive ketones (excluding diaryl/α,β-unsaturated/α-hetero) is 1. The van der Waals surface area contributed by atoms with Crippen molar-refractivity contribution in [2.24, 2.45) is 0 Å². The number of H-pyrrole nitrogens is 1. The van der Waals surface area contributed by atoms with Crippen LogP contribution in [0.5, 0.6) is 0 Å². The van der Waals surface area contributed by atoms with Gasteiger partial charge < -0.3 is 10.1 Å². The molecule has 0 saturated carbocycles. The van der Waals surface area contributed by atoms with Gasteiger partial charge >= 0.3 is 5.97 Å². The average Bonchev–Trinajstić information content (AvgIpc) is 3.13. The first-order chi connectivity index (χ1) is 14.4. The Balaban J connectivity index is 1.90. The molecule has 154 valence electrons. The Bertz CT molecular complexity index is 1130. The minimum atomic E-state index is -0.924. The van der Waals surface area contributed by atoms with Gasteiger partial charge in [0.2, 0.25) is 0 Å². The van der Waals surface area contributed by atoms with Gasteiger partial charge in [0.1, 0.15) is 23.4 Å². The highest BCUT2D eigenvalue weighted by Gasteiger charge is 2.42. The van der Waals surface area contributed by atoms with Crippen LogP contribution < -0.4 is 5.32 Å². The van der Waals surface area contributed by atoms with E-state index < -0.39 is 35.3 Å². The van der Waals surface area contributed by atoms with Crippen molar-refractivity contribution in [3.8, 4) is 0 Å². The first kappa shape index (κ1) is 19.7. The number of nitrogens with zero attached hydrogens (tertiary/aromatic N) is 2. The molecule has 7 nitrogen and oxygen atoms in total. The van der Waals surface area contributed by atoms with Crippen molar-refractivity contribution in [2.75, 3.05) is 11.9 Å². The first-order valence-corrected chi connectivity index (χ1v) is 9.34. The Hall–Kier alpha value is -3.62. The van der Waals surface area contributed by atoms with Crippen LogP contribution in [0.2, 0.25) is 0 Å². The van der Waals surface area contributed by atoms with Crippen LogP contribution in [0.25, 0.3) is 0 Å². The average molecular weight is 412 g/mol. The van der Waals surface area contributed by atoms with Crippen LogP contribution >= 0.6 is 0 Å². The predicted octanol–water partition coefficient (Wildman–Crippen LogP) is 3.70. The molecule has 2 aromatic carbocycles. The number of esters is 1. The molecule has 0 aliphatic carbocycles. The van der Waals surface area contributed by atoms with Crippen LogP contribution in [-0.4, -0.2) is 33.5 Å². The normalized spacial score (nSPS) is 17.9. The summed E-state index contributed by atoms with van der Waals surface area (Å²) in [5.41, 5.74) is 0.588. The van der Waals surface area contributed by atoms with Crippen molar-refractivity contribution in [3.63, 3.8) is 0 Å². The fourth-order valence-corrected chi connectivity index (χ4v) is 3.63. The van der Waals surface area contributed by atoms with Crippen molar-refractivity contribution in [3.05, 3.63) is 76.4 Å². The number of carbonyl (C=O) groups excluding carboxylic acids is 2. The highest BCUT2D eigenvalue weighted by molar-refractivity contribution is 6.14. The predicted molar refractivity (Wildman–Crippen MR) is 103 cm³/mol. The molecule has 0 fully saturated rings. The van der Waals surface area contributed by atoms with Crippen LogP contribution in [0.15, 0.2) is 36.4 Å². The molecule has 1 aromatic heterocycles. The zero-order chi connectivity index (χ0) is 21.4. The van der Waals surface area contributed by atoms with Crippen LogP contribution in [0.3, 0.4) is 0 Å². The Kier molecular flexibility index (Phi) is 5.03. The third-order valence-corrected chi connectivity index (χ3v) is 4.89. The van der Waals surface area contributed by atoms with Gasteiger partial charge in [-0.3, -0.25) is 9.89 Å². The number of ether oxygens (including phenoxy) is 1. The van der Waals surface area contributed by atoms with Gasteiger partial charge in [-0.25, -0.2) is 18.6 Å². The Morgan fingerprint density at radius 2 is 1.90 bits per heavy atom. The summed E-state index contributed by atoms with van der Waals surface area (Å²) in [4.78, 5) is 30.3. The fourth-order valence-electron chi connectivity index (χ4n) is 3.63. The minimum Gasteiger partial charge on any atom is -0.462 e. The van der Waals surface area contributed by atoms with E-state index in [4.69, 9.17) is 4.74 Å². The van der Waals surface area contributed by atoms with E-state index >= 15 is 0 Å². The molecular weight excluding hydrogens is 394 g/mol. The van der Waals surface area contributed by atoms with Gasteiger partial charge in [0, 0.05) is 5.69 Å². The van der Waals surface area contributed by atoms with E-state index in [-0.39, 0.29) is 29.2 Å². The standard InChI is InChI=1S/C21H18F2N4O3/c1-3-30-21(29)14-8-13(23)9-15-16(14)19(28)17(20-24-10(2)26-27-20)18(25-15)11-4-6-12(22)7-5-11/h4-9,17-18,25H,3H2,1-2H3,(H,24,26,27). The number of aromatic amines is 1. The lowest BCUT2D eigenvalue weighted by Gasteiger charge is -2.33. The summed E-state index contributed by atoms with van der Waals surface area (Å²) >= 11 is 0. The third kappa shape index (κ3) is 3.42. The number of halogens is 2. The van der Waals surface area contributed by atoms with E-state index in [0.29, 0.717) is 11.4 Å². The summed E-state index contributed by atoms with van der Waals surface area (Å²) in [7, 11) is 0. The Labute approximate surface area is 170 Å². The lowest BCUT2D eigenvalue weighted by molar-refractivity contribution is 0.0521. The molecule has 30 heavy (non-hydrogen) atoms. The molecule has 0 spiro atoms. The SMILES string of the molecule is CCOC(=O)c1cc(F)cc2c1C(=O)C(c1n[nH]c(C)n1)C(c1ccc(F)cc1)N2. The second-order valence-corrected chi connectivity index (χ2v) is 6.89. The highest BCUT2D eigenvalue weighted by Crippen LogP contribution is 2.43. The lowest BCUT2D eigenvalue weighted by Crippen LogP contribution is -2.34. The molecule has 3 aromatic rings. The zero-order valence-electron chi connectivity index (χ0n) is 16.2. The summed E-state index contributed by atoms with van der Waals surface area (Å²) < 4.78 is 32.7. The van der Waals surface area contributed by atoms with Gasteiger partial charge in [-0.1, -0.05) is 12.1 Å². The summed E-state index contributed by atoms with van der Waals surface area (Å²) in [6.45, 7) is 3.39. The molecule has 2 atom stereocenters. The number of carbonyl (C=O) groups is 2. The first-order valence-electron chi connectivity index (χ1n) is 9.34. The molecule has 2 unspecified atom stereocenters. The topological polar surface area (TPSA) is 97.0 Å². The highest BCUT2D eigenvalue weighted by atomic mass is 19.1. The van der Waals surface area contributed by atoms with E-state index in [1.165, 1.54) is 24.3 Å². The minimum absolute atomic E-state index is 0.0145. The van der Waals surface area contributed by atoms with Crippen molar-refractivity contribution in [1.82, 2.24) is 15.2 Å². The van der Waals surface area contributed by atoms with Crippen LogP contribution in [0, 0.1) is 18.6 Å². The van der Waals surface area contributed by atoms with Crippen molar-refractivity contribution in [2.45, 2.75) is 25.8 Å². The molecule has 1 aliphatic heterocycles. The summed E-state index contributed by atoms with van der Waals surface area (Å²) in [6.07, 6.45) is 0. The maximum absolute atomic E-state index is 14.3. The number of ketones is 1. The van der Waals surface area contributed by atoms with Gasteiger partial charge in [0.25, 0.3) is 0 Å². The van der Waals surface area contributed by atoms with Crippen molar-refractivity contribution >= 4 is 17.4 Å². The number of fused-ring (bicyclic) bond motifs is 1. The molecule has 1 aliphatic rings. The summed E-state index contributed by atoms with van der Waals surface area (Å²) in [5, 5.41) is 9.94. The Morgan fingerprint density at radius 1 is 1.17 bits per heavy atom. The number of hydrogen-bond donors (Lipinski definition) is 2. The second kappa shape index (κ2) is 7.66. The molecule has 0 amide bonds. The van der Waals surface area contributed by atoms with Gasteiger partial charge in [0.15, 0.2) is 11.6 Å². The summed E-state index contributed by atoms with van der Waals surface area (Å²) in [6, 6.07) is 7.03. The molecule has 0 bridgehead atoms. The van der Waals surface area contributed by atoms with E-state index in [9.17, 15) is 18.4 Å². The second-order valence-electron chi connectivity index (χ2n) is 6.89. The maximum Gasteiger partial charge on any atom is 0.339 e. The zero-order valence-corrected chi connectivity index (χ0v) is 16.2. The Morgan fingerprint density at radius 3 is 2.53 bits per heavy atom. The third-order valence-electron chi connectivity index (χ3n) is 4.89. The molecule has 2 heterocycles.